The lowest BCUT2D eigenvalue weighted by molar-refractivity contribution is 0.392. The third kappa shape index (κ3) is 4.16. The molecule has 0 saturated heterocycles. The van der Waals surface area contributed by atoms with Crippen molar-refractivity contribution in [3.63, 3.8) is 0 Å². The number of hydrogen-bond acceptors (Lipinski definition) is 5. The maximum Gasteiger partial charge on any atom is 0.266 e. The molecule has 0 aliphatic carbocycles. The predicted octanol–water partition coefficient (Wildman–Crippen LogP) is 5.31. The van der Waals surface area contributed by atoms with Gasteiger partial charge in [-0.15, -0.1) is 0 Å². The van der Waals surface area contributed by atoms with Crippen LogP contribution in [0.4, 0.5) is 0 Å². The Hall–Kier alpha value is -3.25. The first-order valence-corrected chi connectivity index (χ1v) is 10.9. The summed E-state index contributed by atoms with van der Waals surface area (Å²) in [6.07, 6.45) is 0. The molecule has 3 aromatic carbocycles. The molecule has 0 spiro atoms. The lowest BCUT2D eigenvalue weighted by atomic mass is 10.1. The van der Waals surface area contributed by atoms with Gasteiger partial charge in [-0.3, -0.25) is 9.36 Å². The van der Waals surface area contributed by atoms with Crippen molar-refractivity contribution in [3.05, 3.63) is 87.7 Å². The van der Waals surface area contributed by atoms with Gasteiger partial charge in [0.15, 0.2) is 5.16 Å². The van der Waals surface area contributed by atoms with Gasteiger partial charge in [0, 0.05) is 11.8 Å². The van der Waals surface area contributed by atoms with Crippen LogP contribution >= 0.6 is 11.8 Å². The monoisotopic (exact) mass is 432 g/mol. The zero-order valence-corrected chi connectivity index (χ0v) is 18.8. The third-order valence-electron chi connectivity index (χ3n) is 5.23. The summed E-state index contributed by atoms with van der Waals surface area (Å²) in [5, 5.41) is 1.18. The van der Waals surface area contributed by atoms with Crippen molar-refractivity contribution in [1.82, 2.24) is 9.55 Å². The van der Waals surface area contributed by atoms with Gasteiger partial charge in [-0.05, 0) is 49.2 Å². The molecule has 1 heterocycles. The number of para-hydroxylation sites is 1. The smallest absolute Gasteiger partial charge is 0.266 e. The molecule has 0 fully saturated rings. The van der Waals surface area contributed by atoms with Crippen LogP contribution < -0.4 is 15.0 Å². The van der Waals surface area contributed by atoms with Crippen LogP contribution in [0.25, 0.3) is 16.6 Å². The zero-order valence-electron chi connectivity index (χ0n) is 18.0. The average molecular weight is 433 g/mol. The number of fused-ring (bicyclic) bond motifs is 1. The second-order valence-electron chi connectivity index (χ2n) is 7.31. The number of aryl methyl sites for hydroxylation is 2. The molecule has 158 valence electrons. The largest absolute Gasteiger partial charge is 0.497 e. The van der Waals surface area contributed by atoms with Crippen molar-refractivity contribution in [3.8, 4) is 17.2 Å². The van der Waals surface area contributed by atoms with E-state index in [0.717, 1.165) is 0 Å². The number of ether oxygens (including phenoxy) is 2. The van der Waals surface area contributed by atoms with Crippen molar-refractivity contribution >= 4 is 22.7 Å². The van der Waals surface area contributed by atoms with Gasteiger partial charge in [-0.25, -0.2) is 4.98 Å². The second kappa shape index (κ2) is 8.86. The first-order chi connectivity index (χ1) is 15.0. The first kappa shape index (κ1) is 21.0. The number of hydrogen-bond donors (Lipinski definition) is 0. The Bertz CT molecular complexity index is 1310. The first-order valence-electron chi connectivity index (χ1n) is 9.95. The summed E-state index contributed by atoms with van der Waals surface area (Å²) in [6.45, 7) is 4.18. The van der Waals surface area contributed by atoms with E-state index in [4.69, 9.17) is 14.5 Å². The van der Waals surface area contributed by atoms with Gasteiger partial charge >= 0.3 is 0 Å². The molecule has 5 nitrogen and oxygen atoms in total. The Kier molecular flexibility index (Phi) is 6.00. The van der Waals surface area contributed by atoms with Crippen LogP contribution in [0.5, 0.6) is 11.5 Å². The molecule has 0 radical (unpaired) electrons. The minimum atomic E-state index is -0.127. The minimum Gasteiger partial charge on any atom is -0.497 e. The van der Waals surface area contributed by atoms with Crippen LogP contribution in [0.15, 0.2) is 70.6 Å². The van der Waals surface area contributed by atoms with Gasteiger partial charge in [0.2, 0.25) is 0 Å². The lowest BCUT2D eigenvalue weighted by Crippen LogP contribution is -2.22. The van der Waals surface area contributed by atoms with E-state index in [2.05, 4.69) is 32.0 Å². The second-order valence-corrected chi connectivity index (χ2v) is 8.25. The topological polar surface area (TPSA) is 53.4 Å². The maximum atomic E-state index is 13.5. The third-order valence-corrected chi connectivity index (χ3v) is 6.22. The Labute approximate surface area is 185 Å². The Morgan fingerprint density at radius 1 is 0.968 bits per heavy atom. The predicted molar refractivity (Wildman–Crippen MR) is 126 cm³/mol. The summed E-state index contributed by atoms with van der Waals surface area (Å²) in [5.41, 5.74) is 4.84. The molecule has 0 N–H and O–H groups in total. The highest BCUT2D eigenvalue weighted by atomic mass is 32.2. The number of rotatable bonds is 6. The molecule has 0 unspecified atom stereocenters. The SMILES string of the molecule is COc1ccc(-n2c(SCc3cc(C)ccc3C)nc3ccccc3c2=O)c(OC)c1. The van der Waals surface area contributed by atoms with Gasteiger partial charge in [0.05, 0.1) is 30.8 Å². The molecule has 0 bridgehead atoms. The van der Waals surface area contributed by atoms with Crippen LogP contribution in [-0.2, 0) is 5.75 Å². The summed E-state index contributed by atoms with van der Waals surface area (Å²) in [7, 11) is 3.18. The highest BCUT2D eigenvalue weighted by molar-refractivity contribution is 7.98. The molecular weight excluding hydrogens is 408 g/mol. The number of aromatic nitrogens is 2. The molecule has 0 saturated carbocycles. The van der Waals surface area contributed by atoms with Crippen molar-refractivity contribution in [2.45, 2.75) is 24.8 Å². The molecule has 0 aliphatic heterocycles. The number of thioether (sulfide) groups is 1. The molecule has 0 aliphatic rings. The number of nitrogens with zero attached hydrogens (tertiary/aromatic N) is 2. The van der Waals surface area contributed by atoms with Crippen LogP contribution in [0.3, 0.4) is 0 Å². The van der Waals surface area contributed by atoms with E-state index in [-0.39, 0.29) is 5.56 Å². The van der Waals surface area contributed by atoms with Gasteiger partial charge in [0.25, 0.3) is 5.56 Å². The molecule has 0 amide bonds. The van der Waals surface area contributed by atoms with Gasteiger partial charge < -0.3 is 9.47 Å². The molecule has 31 heavy (non-hydrogen) atoms. The van der Waals surface area contributed by atoms with Gasteiger partial charge in [0.1, 0.15) is 11.5 Å². The van der Waals surface area contributed by atoms with E-state index >= 15 is 0 Å². The van der Waals surface area contributed by atoms with Crippen molar-refractivity contribution < 1.29 is 9.47 Å². The summed E-state index contributed by atoms with van der Waals surface area (Å²) < 4.78 is 12.5. The van der Waals surface area contributed by atoms with Crippen LogP contribution in [0, 0.1) is 13.8 Å². The van der Waals surface area contributed by atoms with E-state index in [9.17, 15) is 4.79 Å². The summed E-state index contributed by atoms with van der Waals surface area (Å²) in [6, 6.07) is 19.3. The van der Waals surface area contributed by atoms with E-state index in [1.807, 2.05) is 30.3 Å². The molecule has 1 aromatic heterocycles. The lowest BCUT2D eigenvalue weighted by Gasteiger charge is -2.17. The highest BCUT2D eigenvalue weighted by Gasteiger charge is 2.17. The summed E-state index contributed by atoms with van der Waals surface area (Å²) >= 11 is 1.54. The van der Waals surface area contributed by atoms with Gasteiger partial charge in [-0.2, -0.15) is 0 Å². The minimum absolute atomic E-state index is 0.127. The fraction of sp³-hybridized carbons (Fsp3) is 0.200. The Morgan fingerprint density at radius 2 is 1.77 bits per heavy atom. The van der Waals surface area contributed by atoms with Crippen LogP contribution in [0.2, 0.25) is 0 Å². The normalized spacial score (nSPS) is 11.0. The molecule has 4 aromatic rings. The molecule has 6 heteroatoms. The average Bonchev–Trinajstić information content (AvgIpc) is 2.79. The molecular formula is C25H24N2O3S. The summed E-state index contributed by atoms with van der Waals surface area (Å²) in [5.74, 6) is 1.91. The van der Waals surface area contributed by atoms with E-state index in [0.29, 0.717) is 39.0 Å². The van der Waals surface area contributed by atoms with E-state index in [1.165, 1.54) is 16.7 Å². The fourth-order valence-electron chi connectivity index (χ4n) is 3.49. The number of benzene rings is 3. The standard InChI is InChI=1S/C25H24N2O3S/c1-16-9-10-17(2)18(13-16)15-31-25-26-21-8-6-5-7-20(21)24(28)27(25)22-12-11-19(29-3)14-23(22)30-4/h5-14H,15H2,1-4H3. The van der Waals surface area contributed by atoms with Crippen molar-refractivity contribution in [2.75, 3.05) is 14.2 Å². The Morgan fingerprint density at radius 3 is 2.55 bits per heavy atom. The quantitative estimate of drug-likeness (QED) is 0.305. The van der Waals surface area contributed by atoms with Crippen molar-refractivity contribution in [1.29, 1.82) is 0 Å². The number of methoxy groups -OCH3 is 2. The zero-order chi connectivity index (χ0) is 22.0. The highest BCUT2D eigenvalue weighted by Crippen LogP contribution is 2.32. The van der Waals surface area contributed by atoms with E-state index < -0.39 is 0 Å². The Balaban J connectivity index is 1.88. The van der Waals surface area contributed by atoms with Gasteiger partial charge in [-0.1, -0.05) is 47.7 Å². The van der Waals surface area contributed by atoms with Crippen LogP contribution in [-0.4, -0.2) is 23.8 Å². The fourth-order valence-corrected chi connectivity index (χ4v) is 4.56. The maximum absolute atomic E-state index is 13.5. The van der Waals surface area contributed by atoms with Crippen LogP contribution in [0.1, 0.15) is 16.7 Å². The summed E-state index contributed by atoms with van der Waals surface area (Å²) in [4.78, 5) is 18.4. The van der Waals surface area contributed by atoms with E-state index in [1.54, 1.807) is 42.7 Å². The van der Waals surface area contributed by atoms with Crippen molar-refractivity contribution in [2.24, 2.45) is 0 Å². The molecule has 0 atom stereocenters. The molecule has 4 rings (SSSR count).